The summed E-state index contributed by atoms with van der Waals surface area (Å²) in [5.74, 6) is 1.65. The maximum Gasteiger partial charge on any atom is 0.123 e. The van der Waals surface area contributed by atoms with Crippen LogP contribution in [0.15, 0.2) is 18.2 Å². The van der Waals surface area contributed by atoms with E-state index in [-0.39, 0.29) is 11.2 Å². The van der Waals surface area contributed by atoms with Gasteiger partial charge in [0.05, 0.1) is 0 Å². The molecule has 0 bridgehead atoms. The van der Waals surface area contributed by atoms with Gasteiger partial charge in [0.15, 0.2) is 0 Å². The largest absolute Gasteiger partial charge is 0.384 e. The Labute approximate surface area is 126 Å². The number of rotatable bonds is 5. The van der Waals surface area contributed by atoms with Crippen LogP contribution in [0.3, 0.4) is 0 Å². The molecule has 2 fully saturated rings. The first kappa shape index (κ1) is 13.6. The first-order valence-electron chi connectivity index (χ1n) is 8.40. The minimum absolute atomic E-state index is 0.101. The van der Waals surface area contributed by atoms with Gasteiger partial charge in [0.2, 0.25) is 0 Å². The van der Waals surface area contributed by atoms with Gasteiger partial charge in [-0.25, -0.2) is 4.39 Å². The molecule has 0 radical (unpaired) electrons. The molecule has 0 aromatic heterocycles. The molecule has 1 aliphatic heterocycles. The van der Waals surface area contributed by atoms with Crippen LogP contribution in [0, 0.1) is 17.7 Å². The highest BCUT2D eigenvalue weighted by Crippen LogP contribution is 2.45. The molecule has 2 aliphatic carbocycles. The molecule has 2 saturated carbocycles. The van der Waals surface area contributed by atoms with Crippen LogP contribution >= 0.6 is 0 Å². The standard InChI is InChI=1S/C18H25FN2/c1-18(11-21-17-5-4-14(19)8-16(17)18)9-13-6-15(7-13)20-10-12-2-3-12/h4-5,8,12-13,15,20-21H,2-3,6-7,9-11H2,1H3. The number of hydrogen-bond acceptors (Lipinski definition) is 2. The molecule has 3 heteroatoms. The average molecular weight is 288 g/mol. The molecule has 1 unspecified atom stereocenters. The molecule has 1 aromatic rings. The van der Waals surface area contributed by atoms with Gasteiger partial charge in [-0.05, 0) is 74.2 Å². The van der Waals surface area contributed by atoms with Crippen molar-refractivity contribution in [3.05, 3.63) is 29.6 Å². The molecule has 0 amide bonds. The van der Waals surface area contributed by atoms with E-state index in [0.29, 0.717) is 0 Å². The predicted molar refractivity (Wildman–Crippen MR) is 84.1 cm³/mol. The lowest BCUT2D eigenvalue weighted by Gasteiger charge is -2.40. The van der Waals surface area contributed by atoms with Gasteiger partial charge in [-0.15, -0.1) is 0 Å². The fourth-order valence-corrected chi connectivity index (χ4v) is 4.10. The van der Waals surface area contributed by atoms with Gasteiger partial charge in [-0.2, -0.15) is 0 Å². The van der Waals surface area contributed by atoms with Crippen molar-refractivity contribution >= 4 is 5.69 Å². The zero-order valence-corrected chi connectivity index (χ0v) is 12.8. The van der Waals surface area contributed by atoms with Crippen LogP contribution in [0.25, 0.3) is 0 Å². The number of halogens is 1. The predicted octanol–water partition coefficient (Wildman–Crippen LogP) is 3.68. The van der Waals surface area contributed by atoms with E-state index >= 15 is 0 Å². The third-order valence-electron chi connectivity index (χ3n) is 5.67. The molecule has 1 atom stereocenters. The van der Waals surface area contributed by atoms with E-state index in [2.05, 4.69) is 17.6 Å². The SMILES string of the molecule is CC1(CC2CC(NCC3CC3)C2)CNc2ccc(F)cc21. The fourth-order valence-electron chi connectivity index (χ4n) is 4.10. The van der Waals surface area contributed by atoms with E-state index in [0.717, 1.165) is 30.1 Å². The second-order valence-electron chi connectivity index (χ2n) is 7.69. The van der Waals surface area contributed by atoms with Crippen LogP contribution in [0.1, 0.15) is 44.6 Å². The zero-order valence-electron chi connectivity index (χ0n) is 12.8. The van der Waals surface area contributed by atoms with Gasteiger partial charge in [0.1, 0.15) is 5.82 Å². The Balaban J connectivity index is 1.34. The lowest BCUT2D eigenvalue weighted by molar-refractivity contribution is 0.179. The number of hydrogen-bond donors (Lipinski definition) is 2. The third kappa shape index (κ3) is 2.68. The Morgan fingerprint density at radius 1 is 1.29 bits per heavy atom. The topological polar surface area (TPSA) is 24.1 Å². The first-order chi connectivity index (χ1) is 10.1. The summed E-state index contributed by atoms with van der Waals surface area (Å²) in [6.07, 6.45) is 6.63. The van der Waals surface area contributed by atoms with Gasteiger partial charge >= 0.3 is 0 Å². The Morgan fingerprint density at radius 2 is 2.10 bits per heavy atom. The summed E-state index contributed by atoms with van der Waals surface area (Å²) in [6.45, 7) is 4.46. The normalized spacial score (nSPS) is 34.2. The highest BCUT2D eigenvalue weighted by molar-refractivity contribution is 5.60. The van der Waals surface area contributed by atoms with Crippen LogP contribution in [0.5, 0.6) is 0 Å². The average Bonchev–Trinajstić information content (AvgIpc) is 3.19. The molecule has 0 spiro atoms. The Bertz CT molecular complexity index is 534. The fraction of sp³-hybridized carbons (Fsp3) is 0.667. The minimum Gasteiger partial charge on any atom is -0.384 e. The molecule has 0 saturated heterocycles. The van der Waals surface area contributed by atoms with E-state index in [1.54, 1.807) is 12.1 Å². The monoisotopic (exact) mass is 288 g/mol. The summed E-state index contributed by atoms with van der Waals surface area (Å²) in [5.41, 5.74) is 2.40. The van der Waals surface area contributed by atoms with Gasteiger partial charge in [0.25, 0.3) is 0 Å². The summed E-state index contributed by atoms with van der Waals surface area (Å²) >= 11 is 0. The van der Waals surface area contributed by atoms with E-state index in [4.69, 9.17) is 0 Å². The summed E-state index contributed by atoms with van der Waals surface area (Å²) < 4.78 is 13.5. The zero-order chi connectivity index (χ0) is 14.4. The van der Waals surface area contributed by atoms with Crippen molar-refractivity contribution in [2.45, 2.75) is 50.5 Å². The van der Waals surface area contributed by atoms with E-state index in [1.165, 1.54) is 44.2 Å². The first-order valence-corrected chi connectivity index (χ1v) is 8.40. The summed E-state index contributed by atoms with van der Waals surface area (Å²) in [7, 11) is 0. The van der Waals surface area contributed by atoms with E-state index in [1.807, 2.05) is 6.07 Å². The molecule has 2 N–H and O–H groups in total. The van der Waals surface area contributed by atoms with Crippen LogP contribution in [0.2, 0.25) is 0 Å². The second kappa shape index (κ2) is 4.98. The van der Waals surface area contributed by atoms with Crippen molar-refractivity contribution in [1.82, 2.24) is 5.32 Å². The lowest BCUT2D eigenvalue weighted by Crippen LogP contribution is -2.44. The number of nitrogens with one attached hydrogen (secondary N) is 2. The quantitative estimate of drug-likeness (QED) is 0.863. The van der Waals surface area contributed by atoms with Gasteiger partial charge < -0.3 is 10.6 Å². The van der Waals surface area contributed by atoms with Crippen molar-refractivity contribution in [3.8, 4) is 0 Å². The van der Waals surface area contributed by atoms with Crippen LogP contribution in [-0.4, -0.2) is 19.1 Å². The maximum absolute atomic E-state index is 13.5. The van der Waals surface area contributed by atoms with Crippen molar-refractivity contribution < 1.29 is 4.39 Å². The molecular weight excluding hydrogens is 263 g/mol. The van der Waals surface area contributed by atoms with Crippen molar-refractivity contribution in [2.24, 2.45) is 11.8 Å². The Hall–Kier alpha value is -1.09. The van der Waals surface area contributed by atoms with Crippen molar-refractivity contribution in [3.63, 3.8) is 0 Å². The second-order valence-corrected chi connectivity index (χ2v) is 7.69. The maximum atomic E-state index is 13.5. The molecule has 2 nitrogen and oxygen atoms in total. The number of fused-ring (bicyclic) bond motifs is 1. The summed E-state index contributed by atoms with van der Waals surface area (Å²) in [4.78, 5) is 0. The van der Waals surface area contributed by atoms with Gasteiger partial charge in [0, 0.05) is 23.7 Å². The molecule has 21 heavy (non-hydrogen) atoms. The number of anilines is 1. The molecule has 4 rings (SSSR count). The van der Waals surface area contributed by atoms with Gasteiger partial charge in [-0.3, -0.25) is 0 Å². The molecule has 1 heterocycles. The Morgan fingerprint density at radius 3 is 2.86 bits per heavy atom. The highest BCUT2D eigenvalue weighted by atomic mass is 19.1. The Kier molecular flexibility index (Phi) is 3.21. The number of benzene rings is 1. The molecular formula is C18H25FN2. The molecule has 1 aromatic carbocycles. The van der Waals surface area contributed by atoms with E-state index < -0.39 is 0 Å². The molecule has 114 valence electrons. The van der Waals surface area contributed by atoms with Crippen molar-refractivity contribution in [2.75, 3.05) is 18.4 Å². The lowest BCUT2D eigenvalue weighted by atomic mass is 9.68. The van der Waals surface area contributed by atoms with Gasteiger partial charge in [-0.1, -0.05) is 6.92 Å². The van der Waals surface area contributed by atoms with Crippen LogP contribution in [-0.2, 0) is 5.41 Å². The van der Waals surface area contributed by atoms with E-state index in [9.17, 15) is 4.39 Å². The van der Waals surface area contributed by atoms with Crippen LogP contribution in [0.4, 0.5) is 10.1 Å². The van der Waals surface area contributed by atoms with Crippen LogP contribution < -0.4 is 10.6 Å². The smallest absolute Gasteiger partial charge is 0.123 e. The summed E-state index contributed by atoms with van der Waals surface area (Å²) in [5, 5.41) is 7.15. The minimum atomic E-state index is -0.110. The molecule has 3 aliphatic rings. The summed E-state index contributed by atoms with van der Waals surface area (Å²) in [6, 6.07) is 5.91. The van der Waals surface area contributed by atoms with Crippen molar-refractivity contribution in [1.29, 1.82) is 0 Å². The highest BCUT2D eigenvalue weighted by Gasteiger charge is 2.40. The third-order valence-corrected chi connectivity index (χ3v) is 5.67.